The number of nitrogens with zero attached hydrogens (tertiary/aromatic N) is 1. The summed E-state index contributed by atoms with van der Waals surface area (Å²) in [6.07, 6.45) is 2.61. The fourth-order valence-corrected chi connectivity index (χ4v) is 3.75. The SMILES string of the molecule is O=C(Nc1cc(-c2ccc(O)cc2)cc2[nH]ncc12)[C@H]1C[C@H]1c1ccccc1. The highest BCUT2D eigenvalue weighted by Crippen LogP contribution is 2.48. The van der Waals surface area contributed by atoms with Crippen LogP contribution in [0.3, 0.4) is 0 Å². The topological polar surface area (TPSA) is 78.0 Å². The van der Waals surface area contributed by atoms with Crippen LogP contribution < -0.4 is 5.32 Å². The number of carbonyl (C=O) groups is 1. The molecule has 28 heavy (non-hydrogen) atoms. The second kappa shape index (κ2) is 6.53. The summed E-state index contributed by atoms with van der Waals surface area (Å²) in [6, 6.07) is 21.1. The molecule has 1 fully saturated rings. The minimum Gasteiger partial charge on any atom is -0.508 e. The molecule has 5 heteroatoms. The highest BCUT2D eigenvalue weighted by molar-refractivity contribution is 6.04. The molecule has 1 heterocycles. The van der Waals surface area contributed by atoms with Gasteiger partial charge in [-0.1, -0.05) is 42.5 Å². The van der Waals surface area contributed by atoms with Crippen molar-refractivity contribution < 1.29 is 9.90 Å². The van der Waals surface area contributed by atoms with Gasteiger partial charge in [-0.3, -0.25) is 9.89 Å². The van der Waals surface area contributed by atoms with E-state index < -0.39 is 0 Å². The molecule has 1 aromatic heterocycles. The summed E-state index contributed by atoms with van der Waals surface area (Å²) in [5.74, 6) is 0.558. The lowest BCUT2D eigenvalue weighted by Gasteiger charge is -2.10. The summed E-state index contributed by atoms with van der Waals surface area (Å²) in [7, 11) is 0. The van der Waals surface area contributed by atoms with Gasteiger partial charge in [-0.15, -0.1) is 0 Å². The van der Waals surface area contributed by atoms with Gasteiger partial charge < -0.3 is 10.4 Å². The van der Waals surface area contributed by atoms with E-state index in [2.05, 4.69) is 27.6 Å². The normalized spacial score (nSPS) is 18.1. The molecule has 0 aliphatic heterocycles. The lowest BCUT2D eigenvalue weighted by atomic mass is 10.0. The molecule has 3 aromatic carbocycles. The molecule has 3 N–H and O–H groups in total. The fourth-order valence-electron chi connectivity index (χ4n) is 3.75. The zero-order valence-electron chi connectivity index (χ0n) is 15.1. The van der Waals surface area contributed by atoms with Gasteiger partial charge in [0.15, 0.2) is 0 Å². The number of nitrogens with one attached hydrogen (secondary N) is 2. The first-order chi connectivity index (χ1) is 13.7. The quantitative estimate of drug-likeness (QED) is 0.489. The van der Waals surface area contributed by atoms with Crippen LogP contribution in [0.5, 0.6) is 5.75 Å². The Morgan fingerprint density at radius 1 is 1.04 bits per heavy atom. The third kappa shape index (κ3) is 3.01. The molecule has 1 amide bonds. The number of aromatic hydroxyl groups is 1. The zero-order chi connectivity index (χ0) is 19.1. The van der Waals surface area contributed by atoms with E-state index in [-0.39, 0.29) is 17.6 Å². The summed E-state index contributed by atoms with van der Waals surface area (Å²) in [5.41, 5.74) is 4.73. The molecule has 5 rings (SSSR count). The van der Waals surface area contributed by atoms with E-state index in [4.69, 9.17) is 0 Å². The van der Waals surface area contributed by atoms with Crippen LogP contribution in [0.1, 0.15) is 17.9 Å². The lowest BCUT2D eigenvalue weighted by molar-refractivity contribution is -0.117. The van der Waals surface area contributed by atoms with Gasteiger partial charge in [0.2, 0.25) is 5.91 Å². The van der Waals surface area contributed by atoms with Crippen LogP contribution in [0.4, 0.5) is 5.69 Å². The number of amides is 1. The number of benzene rings is 3. The predicted octanol–water partition coefficient (Wildman–Crippen LogP) is 4.68. The van der Waals surface area contributed by atoms with E-state index in [9.17, 15) is 9.90 Å². The van der Waals surface area contributed by atoms with Gasteiger partial charge >= 0.3 is 0 Å². The molecule has 1 saturated carbocycles. The van der Waals surface area contributed by atoms with E-state index >= 15 is 0 Å². The molecule has 138 valence electrons. The number of aromatic nitrogens is 2. The van der Waals surface area contributed by atoms with Crippen molar-refractivity contribution >= 4 is 22.5 Å². The molecular formula is C23H19N3O2. The van der Waals surface area contributed by atoms with Crippen LogP contribution >= 0.6 is 0 Å². The number of H-pyrrole nitrogens is 1. The van der Waals surface area contributed by atoms with Gasteiger partial charge in [-0.25, -0.2) is 0 Å². The number of hydrogen-bond acceptors (Lipinski definition) is 3. The van der Waals surface area contributed by atoms with Gasteiger partial charge in [-0.2, -0.15) is 5.10 Å². The largest absolute Gasteiger partial charge is 0.508 e. The van der Waals surface area contributed by atoms with Gasteiger partial charge in [0.05, 0.1) is 17.4 Å². The van der Waals surface area contributed by atoms with E-state index in [0.29, 0.717) is 5.92 Å². The molecule has 4 aromatic rings. The molecule has 0 unspecified atom stereocenters. The molecule has 5 nitrogen and oxygen atoms in total. The van der Waals surface area contributed by atoms with Crippen molar-refractivity contribution in [3.63, 3.8) is 0 Å². The Labute approximate surface area is 162 Å². The van der Waals surface area contributed by atoms with E-state index in [1.54, 1.807) is 18.3 Å². The van der Waals surface area contributed by atoms with Crippen molar-refractivity contribution in [2.75, 3.05) is 5.32 Å². The predicted molar refractivity (Wildman–Crippen MR) is 109 cm³/mol. The molecule has 1 aliphatic rings. The zero-order valence-corrected chi connectivity index (χ0v) is 15.1. The van der Waals surface area contributed by atoms with Gasteiger partial charge in [0.1, 0.15) is 5.75 Å². The first kappa shape index (κ1) is 16.6. The standard InChI is InChI=1S/C23H19N3O2/c27-17-8-6-14(7-9-17)16-10-21(20-13-24-26-22(20)11-16)25-23(28)19-12-18(19)15-4-2-1-3-5-15/h1-11,13,18-19,27H,12H2,(H,24,26)(H,25,28)/t18-,19-/m0/s1. The van der Waals surface area contributed by atoms with Crippen molar-refractivity contribution in [3.05, 3.63) is 78.5 Å². The number of rotatable bonds is 4. The monoisotopic (exact) mass is 369 g/mol. The number of anilines is 1. The summed E-state index contributed by atoms with van der Waals surface area (Å²) in [4.78, 5) is 12.8. The molecule has 0 bridgehead atoms. The highest BCUT2D eigenvalue weighted by Gasteiger charge is 2.43. The van der Waals surface area contributed by atoms with Crippen LogP contribution in [-0.4, -0.2) is 21.2 Å². The number of phenolic OH excluding ortho intramolecular Hbond substituents is 1. The average molecular weight is 369 g/mol. The Kier molecular flexibility index (Phi) is 3.86. The van der Waals surface area contributed by atoms with Crippen LogP contribution in [0, 0.1) is 5.92 Å². The Hall–Kier alpha value is -3.60. The fraction of sp³-hybridized carbons (Fsp3) is 0.130. The van der Waals surface area contributed by atoms with Gasteiger partial charge in [0.25, 0.3) is 0 Å². The average Bonchev–Trinajstić information content (AvgIpc) is 3.39. The van der Waals surface area contributed by atoms with Crippen molar-refractivity contribution in [3.8, 4) is 16.9 Å². The van der Waals surface area contributed by atoms with Crippen molar-refractivity contribution in [1.82, 2.24) is 10.2 Å². The molecule has 0 spiro atoms. The lowest BCUT2D eigenvalue weighted by Crippen LogP contribution is -2.14. The maximum absolute atomic E-state index is 12.8. The number of carbonyl (C=O) groups excluding carboxylic acids is 1. The smallest absolute Gasteiger partial charge is 0.228 e. The maximum Gasteiger partial charge on any atom is 0.228 e. The Bertz CT molecular complexity index is 1150. The summed E-state index contributed by atoms with van der Waals surface area (Å²) in [5, 5.41) is 20.6. The van der Waals surface area contributed by atoms with E-state index in [0.717, 1.165) is 34.1 Å². The Morgan fingerprint density at radius 2 is 1.82 bits per heavy atom. The van der Waals surface area contributed by atoms with Crippen molar-refractivity contribution in [2.24, 2.45) is 5.92 Å². The first-order valence-corrected chi connectivity index (χ1v) is 9.31. The Balaban J connectivity index is 1.43. The number of fused-ring (bicyclic) bond motifs is 1. The van der Waals surface area contributed by atoms with Gasteiger partial charge in [-0.05, 0) is 53.3 Å². The molecule has 0 saturated heterocycles. The summed E-state index contributed by atoms with van der Waals surface area (Å²) in [6.45, 7) is 0. The minimum atomic E-state index is 0.00156. The minimum absolute atomic E-state index is 0.00156. The van der Waals surface area contributed by atoms with E-state index in [1.807, 2.05) is 42.5 Å². The summed E-state index contributed by atoms with van der Waals surface area (Å²) >= 11 is 0. The van der Waals surface area contributed by atoms with Crippen molar-refractivity contribution in [1.29, 1.82) is 0 Å². The number of aromatic amines is 1. The third-order valence-electron chi connectivity index (χ3n) is 5.37. The third-order valence-corrected chi connectivity index (χ3v) is 5.37. The van der Waals surface area contributed by atoms with Crippen LogP contribution in [0.15, 0.2) is 72.9 Å². The van der Waals surface area contributed by atoms with E-state index in [1.165, 1.54) is 5.56 Å². The second-order valence-corrected chi connectivity index (χ2v) is 7.25. The first-order valence-electron chi connectivity index (χ1n) is 9.31. The maximum atomic E-state index is 12.8. The molecular weight excluding hydrogens is 350 g/mol. The second-order valence-electron chi connectivity index (χ2n) is 7.25. The van der Waals surface area contributed by atoms with Crippen LogP contribution in [0.25, 0.3) is 22.0 Å². The summed E-state index contributed by atoms with van der Waals surface area (Å²) < 4.78 is 0. The Morgan fingerprint density at radius 3 is 2.61 bits per heavy atom. The van der Waals surface area contributed by atoms with Gasteiger partial charge in [0, 0.05) is 11.3 Å². The molecule has 0 radical (unpaired) electrons. The highest BCUT2D eigenvalue weighted by atomic mass is 16.3. The number of phenols is 1. The van der Waals surface area contributed by atoms with Crippen molar-refractivity contribution in [2.45, 2.75) is 12.3 Å². The van der Waals surface area contributed by atoms with Crippen LogP contribution in [-0.2, 0) is 4.79 Å². The molecule has 2 atom stereocenters. The van der Waals surface area contributed by atoms with Crippen LogP contribution in [0.2, 0.25) is 0 Å². The molecule has 1 aliphatic carbocycles. The number of hydrogen-bond donors (Lipinski definition) is 3.